The quantitative estimate of drug-likeness (QED) is 0.176. The molecule has 51 heavy (non-hydrogen) atoms. The van der Waals surface area contributed by atoms with Crippen LogP contribution in [0.3, 0.4) is 0 Å². The van der Waals surface area contributed by atoms with Gasteiger partial charge < -0.3 is 0 Å². The van der Waals surface area contributed by atoms with Crippen LogP contribution in [0.2, 0.25) is 0 Å². The predicted octanol–water partition coefficient (Wildman–Crippen LogP) is 12.3. The first-order valence-electron chi connectivity index (χ1n) is 18.2. The van der Waals surface area contributed by atoms with Crippen LogP contribution in [0.4, 0.5) is 0 Å². The van der Waals surface area contributed by atoms with Gasteiger partial charge in [0.05, 0.1) is 5.41 Å². The van der Waals surface area contributed by atoms with E-state index in [0.717, 1.165) is 12.8 Å². The molecule has 1 unspecified atom stereocenters. The highest BCUT2D eigenvalue weighted by Gasteiger charge is 2.51. The molecule has 12 rings (SSSR count). The van der Waals surface area contributed by atoms with Crippen LogP contribution in [0, 0.1) is 5.41 Å². The summed E-state index contributed by atoms with van der Waals surface area (Å²) >= 11 is 0. The van der Waals surface area contributed by atoms with Gasteiger partial charge in [0, 0.05) is 0 Å². The average molecular weight is 645 g/mol. The Kier molecular flexibility index (Phi) is 5.37. The minimum atomic E-state index is -0.500. The Balaban J connectivity index is 1.23. The van der Waals surface area contributed by atoms with Gasteiger partial charge in [-0.25, -0.2) is 0 Å². The number of hydrogen-bond acceptors (Lipinski definition) is 0. The van der Waals surface area contributed by atoms with Crippen molar-refractivity contribution < 1.29 is 0 Å². The van der Waals surface area contributed by atoms with Crippen molar-refractivity contribution >= 4 is 34.4 Å². The molecule has 1 atom stereocenters. The summed E-state index contributed by atoms with van der Waals surface area (Å²) in [5.41, 5.74) is 26.8. The van der Waals surface area contributed by atoms with Crippen molar-refractivity contribution in [2.45, 2.75) is 12.8 Å². The van der Waals surface area contributed by atoms with E-state index >= 15 is 0 Å². The molecular formula is C51H32. The fraction of sp³-hybridized carbons (Fsp3) is 0.0588. The largest absolute Gasteiger partial charge is 0.0659 e. The van der Waals surface area contributed by atoms with Crippen molar-refractivity contribution in [1.29, 1.82) is 0 Å². The van der Waals surface area contributed by atoms with E-state index in [-0.39, 0.29) is 0 Å². The highest BCUT2D eigenvalue weighted by Crippen LogP contribution is 2.67. The van der Waals surface area contributed by atoms with E-state index in [9.17, 15) is 0 Å². The molecule has 236 valence electrons. The lowest BCUT2D eigenvalue weighted by Gasteiger charge is -2.44. The smallest absolute Gasteiger partial charge is 0.0651 e. The minimum absolute atomic E-state index is 0.500. The molecule has 0 nitrogen and oxygen atoms in total. The van der Waals surface area contributed by atoms with Crippen LogP contribution < -0.4 is 0 Å². The lowest BCUT2D eigenvalue weighted by atomic mass is 9.57. The fourth-order valence-corrected chi connectivity index (χ4v) is 10.2. The monoisotopic (exact) mass is 644 g/mol. The van der Waals surface area contributed by atoms with Gasteiger partial charge in [-0.1, -0.05) is 152 Å². The first-order valence-corrected chi connectivity index (χ1v) is 18.2. The van der Waals surface area contributed by atoms with Gasteiger partial charge in [-0.05, 0) is 142 Å². The third-order valence-electron chi connectivity index (χ3n) is 12.4. The van der Waals surface area contributed by atoms with Gasteiger partial charge in [0.15, 0.2) is 0 Å². The minimum Gasteiger partial charge on any atom is -0.0651 e. The Labute approximate surface area is 298 Å². The molecule has 0 amide bonds. The summed E-state index contributed by atoms with van der Waals surface area (Å²) in [6.07, 6.45) is 16.7. The lowest BCUT2D eigenvalue weighted by molar-refractivity contribution is 0.779. The van der Waals surface area contributed by atoms with Crippen LogP contribution >= 0.6 is 0 Å². The summed E-state index contributed by atoms with van der Waals surface area (Å²) in [6.45, 7) is 0. The molecule has 0 aliphatic heterocycles. The maximum absolute atomic E-state index is 2.56. The van der Waals surface area contributed by atoms with E-state index in [4.69, 9.17) is 0 Å². The zero-order chi connectivity index (χ0) is 33.3. The molecule has 1 spiro atoms. The third kappa shape index (κ3) is 3.54. The van der Waals surface area contributed by atoms with Crippen molar-refractivity contribution in [3.8, 4) is 22.3 Å². The van der Waals surface area contributed by atoms with Crippen LogP contribution in [0.15, 0.2) is 169 Å². The van der Waals surface area contributed by atoms with Crippen LogP contribution in [-0.2, 0) is 12.8 Å². The molecule has 0 heterocycles. The number of hydrogen-bond donors (Lipinski definition) is 0. The van der Waals surface area contributed by atoms with Gasteiger partial charge in [-0.3, -0.25) is 0 Å². The standard InChI is InChI=1S/C51H32/c1-5-16-35-31(12-1)26-44-39(35)20-9-22-41(44)47-30-46-38-19-8-4-15-34(38)29-49(46)51(25-11-24-42-37-18-7-3-14-33(37)28-48(42)51)50(47)43-23-10-21-40-36-17-6-2-13-32(36)27-45(40)43/h1-25,28-30H,26-27H2. The molecule has 0 saturated heterocycles. The van der Waals surface area contributed by atoms with Crippen LogP contribution in [0.25, 0.3) is 56.7 Å². The number of rotatable bonds is 2. The molecule has 0 aromatic heterocycles. The summed E-state index contributed by atoms with van der Waals surface area (Å²) in [6, 6.07) is 50.1. The molecular weight excluding hydrogens is 613 g/mol. The summed E-state index contributed by atoms with van der Waals surface area (Å²) in [7, 11) is 0. The summed E-state index contributed by atoms with van der Waals surface area (Å²) < 4.78 is 0. The lowest BCUT2D eigenvalue weighted by Crippen LogP contribution is -2.30. The Morgan fingerprint density at radius 1 is 0.392 bits per heavy atom. The zero-order valence-electron chi connectivity index (χ0n) is 28.1. The molecule has 0 N–H and O–H groups in total. The number of allylic oxidation sites excluding steroid dienone is 10. The average Bonchev–Trinajstić information content (AvgIpc) is 3.95. The topological polar surface area (TPSA) is 0 Å². The van der Waals surface area contributed by atoms with Gasteiger partial charge in [0.1, 0.15) is 0 Å². The number of benzene rings is 6. The second-order valence-corrected chi connectivity index (χ2v) is 14.7. The normalized spacial score (nSPS) is 19.2. The van der Waals surface area contributed by atoms with Gasteiger partial charge in [-0.15, -0.1) is 0 Å². The molecule has 0 fully saturated rings. The summed E-state index contributed by atoms with van der Waals surface area (Å²) in [5, 5.41) is 0. The SMILES string of the molecule is C1=CC2(C3=Cc4ccccc4C3=C1)C1=Cc3ccccc3C1=CC(c1cccc3c1Cc1ccccc1-3)=C2c1cccc2c1Cc1ccccc1-2. The molecule has 6 aliphatic carbocycles. The van der Waals surface area contributed by atoms with Crippen molar-refractivity contribution in [1.82, 2.24) is 0 Å². The highest BCUT2D eigenvalue weighted by molar-refractivity contribution is 6.19. The Morgan fingerprint density at radius 3 is 1.55 bits per heavy atom. The second kappa shape index (κ2) is 9.93. The second-order valence-electron chi connectivity index (χ2n) is 14.7. The molecule has 0 saturated carbocycles. The van der Waals surface area contributed by atoms with Crippen molar-refractivity contribution in [3.05, 3.63) is 225 Å². The van der Waals surface area contributed by atoms with Gasteiger partial charge in [0.25, 0.3) is 0 Å². The highest BCUT2D eigenvalue weighted by atomic mass is 14.5. The van der Waals surface area contributed by atoms with E-state index in [1.165, 1.54) is 111 Å². The number of fused-ring (bicyclic) bond motifs is 14. The molecule has 6 aromatic carbocycles. The summed E-state index contributed by atoms with van der Waals surface area (Å²) in [5.74, 6) is 0. The van der Waals surface area contributed by atoms with E-state index in [0.29, 0.717) is 0 Å². The molecule has 6 aromatic rings. The van der Waals surface area contributed by atoms with Gasteiger partial charge >= 0.3 is 0 Å². The predicted molar refractivity (Wildman–Crippen MR) is 213 cm³/mol. The third-order valence-corrected chi connectivity index (χ3v) is 12.4. The fourth-order valence-electron chi connectivity index (χ4n) is 10.2. The maximum Gasteiger partial charge on any atom is 0.0659 e. The van der Waals surface area contributed by atoms with Gasteiger partial charge in [0.2, 0.25) is 0 Å². The van der Waals surface area contributed by atoms with E-state index in [1.54, 1.807) is 0 Å². The van der Waals surface area contributed by atoms with Crippen LogP contribution in [0.5, 0.6) is 0 Å². The first-order chi connectivity index (χ1) is 25.3. The Morgan fingerprint density at radius 2 is 0.882 bits per heavy atom. The van der Waals surface area contributed by atoms with Crippen molar-refractivity contribution in [3.63, 3.8) is 0 Å². The molecule has 0 bridgehead atoms. The van der Waals surface area contributed by atoms with E-state index in [1.807, 2.05) is 0 Å². The maximum atomic E-state index is 2.56. The van der Waals surface area contributed by atoms with Gasteiger partial charge in [-0.2, -0.15) is 0 Å². The van der Waals surface area contributed by atoms with Crippen LogP contribution in [0.1, 0.15) is 55.6 Å². The Hall–Kier alpha value is -6.24. The molecule has 0 radical (unpaired) electrons. The van der Waals surface area contributed by atoms with E-state index in [2.05, 4.69) is 170 Å². The molecule has 6 aliphatic rings. The zero-order valence-corrected chi connectivity index (χ0v) is 28.1. The first kappa shape index (κ1) is 27.6. The Bertz CT molecular complexity index is 2780. The van der Waals surface area contributed by atoms with E-state index < -0.39 is 5.41 Å². The molecule has 0 heteroatoms. The van der Waals surface area contributed by atoms with Crippen molar-refractivity contribution in [2.75, 3.05) is 0 Å². The summed E-state index contributed by atoms with van der Waals surface area (Å²) in [4.78, 5) is 0. The van der Waals surface area contributed by atoms with Crippen LogP contribution in [-0.4, -0.2) is 0 Å². The van der Waals surface area contributed by atoms with Crippen molar-refractivity contribution in [2.24, 2.45) is 5.41 Å².